The Morgan fingerprint density at radius 1 is 1.14 bits per heavy atom. The van der Waals surface area contributed by atoms with Crippen molar-refractivity contribution < 1.29 is 4.79 Å². The van der Waals surface area contributed by atoms with Gasteiger partial charge < -0.3 is 10.6 Å². The molecule has 3 heteroatoms. The molecule has 0 radical (unpaired) electrons. The highest BCUT2D eigenvalue weighted by Gasteiger charge is 2.30. The van der Waals surface area contributed by atoms with Gasteiger partial charge in [0, 0.05) is 18.3 Å². The van der Waals surface area contributed by atoms with Crippen molar-refractivity contribution in [3.63, 3.8) is 0 Å². The second-order valence-corrected chi connectivity index (χ2v) is 5.64. The number of hydrogen-bond acceptors (Lipinski definition) is 2. The fraction of sp³-hybridized carbons (Fsp3) is 0.278. The zero-order valence-electron chi connectivity index (χ0n) is 12.3. The molecule has 1 unspecified atom stereocenters. The number of benzene rings is 2. The van der Waals surface area contributed by atoms with Crippen molar-refractivity contribution in [3.8, 4) is 0 Å². The lowest BCUT2D eigenvalue weighted by atomic mass is 10.1. The number of rotatable bonds is 3. The molecule has 0 aromatic heterocycles. The molecule has 0 saturated heterocycles. The van der Waals surface area contributed by atoms with E-state index in [9.17, 15) is 4.79 Å². The Balaban J connectivity index is 1.79. The molecule has 3 rings (SSSR count). The Bertz CT molecular complexity index is 649. The number of anilines is 1. The predicted molar refractivity (Wildman–Crippen MR) is 85.1 cm³/mol. The van der Waals surface area contributed by atoms with Crippen LogP contribution in [0, 0.1) is 0 Å². The first kappa shape index (κ1) is 13.8. The third-order valence-corrected chi connectivity index (χ3v) is 4.09. The fourth-order valence-electron chi connectivity index (χ4n) is 3.00. The van der Waals surface area contributed by atoms with Crippen LogP contribution in [0.5, 0.6) is 0 Å². The Morgan fingerprint density at radius 2 is 1.81 bits per heavy atom. The van der Waals surface area contributed by atoms with E-state index in [1.165, 1.54) is 5.56 Å². The van der Waals surface area contributed by atoms with Crippen molar-refractivity contribution in [2.45, 2.75) is 32.4 Å². The van der Waals surface area contributed by atoms with Gasteiger partial charge in [-0.15, -0.1) is 0 Å². The predicted octanol–water partition coefficient (Wildman–Crippen LogP) is 2.67. The van der Waals surface area contributed by atoms with Gasteiger partial charge in [0.15, 0.2) is 0 Å². The van der Waals surface area contributed by atoms with Crippen LogP contribution in [-0.4, -0.2) is 11.9 Å². The third kappa shape index (κ3) is 2.69. The Morgan fingerprint density at radius 3 is 2.52 bits per heavy atom. The molecule has 1 heterocycles. The molecule has 2 aromatic carbocycles. The first-order valence-electron chi connectivity index (χ1n) is 7.37. The van der Waals surface area contributed by atoms with Crippen molar-refractivity contribution >= 4 is 11.6 Å². The minimum absolute atomic E-state index is 0.160. The molecule has 0 aliphatic carbocycles. The lowest BCUT2D eigenvalue weighted by Gasteiger charge is -2.22. The monoisotopic (exact) mass is 280 g/mol. The van der Waals surface area contributed by atoms with Crippen molar-refractivity contribution in [1.29, 1.82) is 0 Å². The third-order valence-electron chi connectivity index (χ3n) is 4.09. The molecular weight excluding hydrogens is 260 g/mol. The number of para-hydroxylation sites is 1. The second-order valence-electron chi connectivity index (χ2n) is 5.64. The number of hydrogen-bond donors (Lipinski definition) is 1. The summed E-state index contributed by atoms with van der Waals surface area (Å²) in [4.78, 5) is 14.6. The summed E-state index contributed by atoms with van der Waals surface area (Å²) in [5.41, 5.74) is 10.0. The van der Waals surface area contributed by atoms with E-state index in [0.717, 1.165) is 23.2 Å². The fourth-order valence-corrected chi connectivity index (χ4v) is 3.00. The molecule has 2 N–H and O–H groups in total. The summed E-state index contributed by atoms with van der Waals surface area (Å²) in [5.74, 6) is 0.160. The SMILES string of the molecule is CC1Cc2ccccc2N1C(=O)Cc1ccc(CN)cc1. The summed E-state index contributed by atoms with van der Waals surface area (Å²) in [6, 6.07) is 16.4. The number of nitrogens with two attached hydrogens (primary N) is 1. The van der Waals surface area contributed by atoms with Crippen molar-refractivity contribution in [3.05, 3.63) is 65.2 Å². The first-order chi connectivity index (χ1) is 10.2. The minimum atomic E-state index is 0.160. The van der Waals surface area contributed by atoms with Gasteiger partial charge in [0.05, 0.1) is 6.42 Å². The number of carbonyl (C=O) groups is 1. The van der Waals surface area contributed by atoms with Gasteiger partial charge in [0.1, 0.15) is 0 Å². The molecule has 1 aliphatic rings. The molecule has 21 heavy (non-hydrogen) atoms. The molecule has 0 spiro atoms. The summed E-state index contributed by atoms with van der Waals surface area (Å²) in [6.07, 6.45) is 1.37. The highest BCUT2D eigenvalue weighted by molar-refractivity contribution is 5.97. The van der Waals surface area contributed by atoms with E-state index in [1.807, 2.05) is 47.4 Å². The van der Waals surface area contributed by atoms with Crippen LogP contribution >= 0.6 is 0 Å². The number of amides is 1. The van der Waals surface area contributed by atoms with Crippen LogP contribution in [0.1, 0.15) is 23.6 Å². The minimum Gasteiger partial charge on any atom is -0.326 e. The Hall–Kier alpha value is -2.13. The van der Waals surface area contributed by atoms with Gasteiger partial charge in [-0.25, -0.2) is 0 Å². The van der Waals surface area contributed by atoms with E-state index in [-0.39, 0.29) is 11.9 Å². The average molecular weight is 280 g/mol. The number of nitrogens with zero attached hydrogens (tertiary/aromatic N) is 1. The van der Waals surface area contributed by atoms with Crippen LogP contribution in [0.3, 0.4) is 0 Å². The standard InChI is InChI=1S/C18H20N2O/c1-13-10-16-4-2-3-5-17(16)20(13)18(21)11-14-6-8-15(12-19)9-7-14/h2-9,13H,10-12,19H2,1H3. The molecule has 0 fully saturated rings. The second kappa shape index (κ2) is 5.70. The largest absolute Gasteiger partial charge is 0.326 e. The van der Waals surface area contributed by atoms with E-state index >= 15 is 0 Å². The molecule has 1 atom stereocenters. The molecular formula is C18H20N2O. The first-order valence-corrected chi connectivity index (χ1v) is 7.37. The Kier molecular flexibility index (Phi) is 3.76. The molecule has 2 aromatic rings. The summed E-state index contributed by atoms with van der Waals surface area (Å²) >= 11 is 0. The van der Waals surface area contributed by atoms with E-state index < -0.39 is 0 Å². The van der Waals surface area contributed by atoms with Gasteiger partial charge >= 0.3 is 0 Å². The summed E-state index contributed by atoms with van der Waals surface area (Å²) < 4.78 is 0. The van der Waals surface area contributed by atoms with Gasteiger partial charge in [-0.05, 0) is 36.1 Å². The van der Waals surface area contributed by atoms with Gasteiger partial charge in [-0.2, -0.15) is 0 Å². The molecule has 3 nitrogen and oxygen atoms in total. The maximum Gasteiger partial charge on any atom is 0.231 e. The van der Waals surface area contributed by atoms with E-state index in [4.69, 9.17) is 5.73 Å². The maximum absolute atomic E-state index is 12.6. The lowest BCUT2D eigenvalue weighted by molar-refractivity contribution is -0.118. The average Bonchev–Trinajstić information content (AvgIpc) is 2.83. The van der Waals surface area contributed by atoms with Gasteiger partial charge in [0.25, 0.3) is 0 Å². The smallest absolute Gasteiger partial charge is 0.231 e. The van der Waals surface area contributed by atoms with Crippen LogP contribution in [0.15, 0.2) is 48.5 Å². The molecule has 1 amide bonds. The van der Waals surface area contributed by atoms with Crippen LogP contribution < -0.4 is 10.6 Å². The maximum atomic E-state index is 12.6. The normalized spacial score (nSPS) is 16.9. The van der Waals surface area contributed by atoms with Gasteiger partial charge in [-0.1, -0.05) is 42.5 Å². The van der Waals surface area contributed by atoms with Crippen LogP contribution in [0.4, 0.5) is 5.69 Å². The summed E-state index contributed by atoms with van der Waals surface area (Å²) in [7, 11) is 0. The highest BCUT2D eigenvalue weighted by Crippen LogP contribution is 2.32. The number of fused-ring (bicyclic) bond motifs is 1. The van der Waals surface area contributed by atoms with E-state index in [0.29, 0.717) is 13.0 Å². The van der Waals surface area contributed by atoms with E-state index in [1.54, 1.807) is 0 Å². The van der Waals surface area contributed by atoms with E-state index in [2.05, 4.69) is 13.0 Å². The van der Waals surface area contributed by atoms with Crippen molar-refractivity contribution in [2.24, 2.45) is 5.73 Å². The van der Waals surface area contributed by atoms with Gasteiger partial charge in [-0.3, -0.25) is 4.79 Å². The Labute approximate surface area is 125 Å². The quantitative estimate of drug-likeness (QED) is 0.939. The highest BCUT2D eigenvalue weighted by atomic mass is 16.2. The molecule has 0 saturated carbocycles. The zero-order valence-corrected chi connectivity index (χ0v) is 12.3. The summed E-state index contributed by atoms with van der Waals surface area (Å²) in [5, 5.41) is 0. The number of carbonyl (C=O) groups excluding carboxylic acids is 1. The van der Waals surface area contributed by atoms with Crippen LogP contribution in [-0.2, 0) is 24.2 Å². The molecule has 1 aliphatic heterocycles. The molecule has 0 bridgehead atoms. The van der Waals surface area contributed by atoms with Crippen LogP contribution in [0.2, 0.25) is 0 Å². The van der Waals surface area contributed by atoms with Crippen molar-refractivity contribution in [1.82, 2.24) is 0 Å². The molecule has 108 valence electrons. The van der Waals surface area contributed by atoms with Crippen LogP contribution in [0.25, 0.3) is 0 Å². The lowest BCUT2D eigenvalue weighted by Crippen LogP contribution is -2.36. The topological polar surface area (TPSA) is 46.3 Å². The zero-order chi connectivity index (χ0) is 14.8. The van der Waals surface area contributed by atoms with Crippen molar-refractivity contribution in [2.75, 3.05) is 4.90 Å². The summed E-state index contributed by atoms with van der Waals surface area (Å²) in [6.45, 7) is 2.64. The van der Waals surface area contributed by atoms with Gasteiger partial charge in [0.2, 0.25) is 5.91 Å².